The highest BCUT2D eigenvalue weighted by molar-refractivity contribution is 7.89. The molecule has 154 valence electrons. The lowest BCUT2D eigenvalue weighted by molar-refractivity contribution is 0.0989. The number of benzene rings is 3. The second-order valence-electron chi connectivity index (χ2n) is 6.93. The Balaban J connectivity index is 1.49. The van der Waals surface area contributed by atoms with Gasteiger partial charge < -0.3 is 4.90 Å². The Kier molecular flexibility index (Phi) is 5.84. The highest BCUT2D eigenvalue weighted by atomic mass is 35.5. The SMILES string of the molecule is O=C(c1ccc(Cl)cc1)N1CCc2cc(CNS(=O)(=O)c3ccccc3Cl)ccc21. The van der Waals surface area contributed by atoms with Gasteiger partial charge in [0.15, 0.2) is 0 Å². The van der Waals surface area contributed by atoms with Crippen molar-refractivity contribution in [3.8, 4) is 0 Å². The van der Waals surface area contributed by atoms with Crippen molar-refractivity contribution in [1.82, 2.24) is 4.72 Å². The van der Waals surface area contributed by atoms with Crippen LogP contribution < -0.4 is 9.62 Å². The molecule has 0 saturated carbocycles. The highest BCUT2D eigenvalue weighted by Crippen LogP contribution is 2.30. The van der Waals surface area contributed by atoms with Crippen LogP contribution in [-0.4, -0.2) is 20.9 Å². The monoisotopic (exact) mass is 460 g/mol. The van der Waals surface area contributed by atoms with Crippen molar-refractivity contribution in [1.29, 1.82) is 0 Å². The second kappa shape index (κ2) is 8.40. The molecule has 0 spiro atoms. The summed E-state index contributed by atoms with van der Waals surface area (Å²) >= 11 is 11.9. The molecule has 3 aromatic rings. The molecule has 0 bridgehead atoms. The third-order valence-corrected chi connectivity index (χ3v) is 7.12. The van der Waals surface area contributed by atoms with Gasteiger partial charge in [-0.2, -0.15) is 0 Å². The number of hydrogen-bond donors (Lipinski definition) is 1. The van der Waals surface area contributed by atoms with E-state index in [1.54, 1.807) is 41.3 Å². The maximum Gasteiger partial charge on any atom is 0.258 e. The Morgan fingerprint density at radius 2 is 1.73 bits per heavy atom. The van der Waals surface area contributed by atoms with Gasteiger partial charge in [-0.3, -0.25) is 4.79 Å². The van der Waals surface area contributed by atoms with Crippen LogP contribution in [-0.2, 0) is 23.0 Å². The summed E-state index contributed by atoms with van der Waals surface area (Å²) in [5, 5.41) is 0.757. The van der Waals surface area contributed by atoms with Crippen LogP contribution in [0.25, 0.3) is 0 Å². The lowest BCUT2D eigenvalue weighted by atomic mass is 10.1. The zero-order valence-electron chi connectivity index (χ0n) is 15.8. The first-order valence-electron chi connectivity index (χ1n) is 9.28. The Bertz CT molecular complexity index is 1210. The number of carbonyl (C=O) groups is 1. The van der Waals surface area contributed by atoms with Crippen molar-refractivity contribution in [2.75, 3.05) is 11.4 Å². The van der Waals surface area contributed by atoms with Crippen LogP contribution in [0.15, 0.2) is 71.6 Å². The number of halogens is 2. The fourth-order valence-corrected chi connectivity index (χ4v) is 5.10. The predicted molar refractivity (Wildman–Crippen MR) is 119 cm³/mol. The maximum atomic E-state index is 12.8. The first-order chi connectivity index (χ1) is 14.3. The number of sulfonamides is 1. The average Bonchev–Trinajstić information content (AvgIpc) is 3.16. The van der Waals surface area contributed by atoms with Gasteiger partial charge in [0, 0.05) is 29.4 Å². The summed E-state index contributed by atoms with van der Waals surface area (Å²) in [4.78, 5) is 14.6. The molecule has 1 aliphatic rings. The zero-order chi connectivity index (χ0) is 21.3. The summed E-state index contributed by atoms with van der Waals surface area (Å²) in [6.45, 7) is 0.706. The normalized spacial score (nSPS) is 13.3. The van der Waals surface area contributed by atoms with Crippen molar-refractivity contribution in [2.45, 2.75) is 17.9 Å². The number of carbonyl (C=O) groups excluding carboxylic acids is 1. The molecule has 30 heavy (non-hydrogen) atoms. The molecule has 1 N–H and O–H groups in total. The average molecular weight is 461 g/mol. The lowest BCUT2D eigenvalue weighted by Crippen LogP contribution is -2.28. The van der Waals surface area contributed by atoms with Gasteiger partial charge in [-0.15, -0.1) is 0 Å². The van der Waals surface area contributed by atoms with E-state index in [1.165, 1.54) is 12.1 Å². The van der Waals surface area contributed by atoms with Crippen molar-refractivity contribution >= 4 is 44.8 Å². The van der Waals surface area contributed by atoms with Crippen LogP contribution in [0.4, 0.5) is 5.69 Å². The topological polar surface area (TPSA) is 66.5 Å². The molecule has 0 radical (unpaired) electrons. The standard InChI is InChI=1S/C22H18Cl2N2O3S/c23-18-8-6-16(7-9-18)22(27)26-12-11-17-13-15(5-10-20(17)26)14-25-30(28,29)21-4-2-1-3-19(21)24/h1-10,13,25H,11-12,14H2. The van der Waals surface area contributed by atoms with E-state index in [-0.39, 0.29) is 22.4 Å². The maximum absolute atomic E-state index is 12.8. The third-order valence-electron chi connectivity index (χ3n) is 4.97. The second-order valence-corrected chi connectivity index (χ2v) is 9.51. The molecule has 1 aliphatic heterocycles. The molecule has 0 atom stereocenters. The molecule has 0 aromatic heterocycles. The van der Waals surface area contributed by atoms with E-state index in [0.29, 0.717) is 23.6 Å². The smallest absolute Gasteiger partial charge is 0.258 e. The van der Waals surface area contributed by atoms with E-state index in [0.717, 1.165) is 16.8 Å². The molecule has 8 heteroatoms. The number of anilines is 1. The summed E-state index contributed by atoms with van der Waals surface area (Å²) in [6.07, 6.45) is 0.708. The van der Waals surface area contributed by atoms with Gasteiger partial charge >= 0.3 is 0 Å². The molecule has 3 aromatic carbocycles. The van der Waals surface area contributed by atoms with E-state index in [4.69, 9.17) is 23.2 Å². The van der Waals surface area contributed by atoms with E-state index in [2.05, 4.69) is 4.72 Å². The molecular formula is C22H18Cl2N2O3S. The van der Waals surface area contributed by atoms with Crippen LogP contribution in [0.3, 0.4) is 0 Å². The Morgan fingerprint density at radius 1 is 1.00 bits per heavy atom. The minimum Gasteiger partial charge on any atom is -0.308 e. The number of nitrogens with one attached hydrogen (secondary N) is 1. The third kappa shape index (κ3) is 4.23. The zero-order valence-corrected chi connectivity index (χ0v) is 18.1. The molecule has 4 rings (SSSR count). The van der Waals surface area contributed by atoms with Crippen molar-refractivity contribution in [2.24, 2.45) is 0 Å². The highest BCUT2D eigenvalue weighted by Gasteiger charge is 2.26. The summed E-state index contributed by atoms with van der Waals surface area (Å²) in [6, 6.07) is 18.7. The molecule has 1 heterocycles. The van der Waals surface area contributed by atoms with Crippen LogP contribution >= 0.6 is 23.2 Å². The van der Waals surface area contributed by atoms with Gasteiger partial charge in [0.05, 0.1) is 5.02 Å². The summed E-state index contributed by atoms with van der Waals surface area (Å²) in [5.74, 6) is -0.0856. The minimum absolute atomic E-state index is 0.0487. The van der Waals surface area contributed by atoms with Gasteiger partial charge in [0.25, 0.3) is 5.91 Å². The molecule has 0 unspecified atom stereocenters. The summed E-state index contributed by atoms with van der Waals surface area (Å²) < 4.78 is 27.6. The van der Waals surface area contributed by atoms with Gasteiger partial charge in [-0.05, 0) is 60.0 Å². The molecule has 0 aliphatic carbocycles. The number of hydrogen-bond acceptors (Lipinski definition) is 3. The first kappa shape index (κ1) is 20.9. The molecule has 0 fully saturated rings. The first-order valence-corrected chi connectivity index (χ1v) is 11.5. The number of fused-ring (bicyclic) bond motifs is 1. The van der Waals surface area contributed by atoms with Crippen LogP contribution in [0.2, 0.25) is 10.0 Å². The van der Waals surface area contributed by atoms with E-state index in [9.17, 15) is 13.2 Å². The number of amides is 1. The fourth-order valence-electron chi connectivity index (χ4n) is 3.44. The van der Waals surface area contributed by atoms with Crippen LogP contribution in [0.1, 0.15) is 21.5 Å². The molecular weight excluding hydrogens is 443 g/mol. The fraction of sp³-hybridized carbons (Fsp3) is 0.136. The van der Waals surface area contributed by atoms with Crippen molar-refractivity contribution in [3.63, 3.8) is 0 Å². The summed E-state index contributed by atoms with van der Waals surface area (Å²) in [5.41, 5.74) is 3.23. The number of nitrogens with zero attached hydrogens (tertiary/aromatic N) is 1. The summed E-state index contributed by atoms with van der Waals surface area (Å²) in [7, 11) is -3.72. The van der Waals surface area contributed by atoms with E-state index in [1.807, 2.05) is 18.2 Å². The Labute approximate surface area is 185 Å². The lowest BCUT2D eigenvalue weighted by Gasteiger charge is -2.18. The van der Waals surface area contributed by atoms with Gasteiger partial charge in [0.1, 0.15) is 4.90 Å². The minimum atomic E-state index is -3.72. The molecule has 5 nitrogen and oxygen atoms in total. The van der Waals surface area contributed by atoms with Crippen LogP contribution in [0, 0.1) is 0 Å². The Morgan fingerprint density at radius 3 is 2.47 bits per heavy atom. The molecule has 0 saturated heterocycles. The largest absolute Gasteiger partial charge is 0.308 e. The number of rotatable bonds is 5. The quantitative estimate of drug-likeness (QED) is 0.601. The predicted octanol–water partition coefficient (Wildman–Crippen LogP) is 4.67. The van der Waals surface area contributed by atoms with Crippen molar-refractivity contribution in [3.05, 3.63) is 93.5 Å². The van der Waals surface area contributed by atoms with E-state index >= 15 is 0 Å². The van der Waals surface area contributed by atoms with E-state index < -0.39 is 10.0 Å². The molecule has 1 amide bonds. The van der Waals surface area contributed by atoms with Gasteiger partial charge in [-0.1, -0.05) is 47.5 Å². The van der Waals surface area contributed by atoms with Gasteiger partial charge in [0.2, 0.25) is 10.0 Å². The van der Waals surface area contributed by atoms with Gasteiger partial charge in [-0.25, -0.2) is 13.1 Å². The van der Waals surface area contributed by atoms with Crippen LogP contribution in [0.5, 0.6) is 0 Å². The Hall–Kier alpha value is -2.38. The van der Waals surface area contributed by atoms with Crippen molar-refractivity contribution < 1.29 is 13.2 Å².